The molecule has 0 saturated heterocycles. The molecule has 0 aromatic carbocycles. The molecule has 2 aromatic heterocycles. The summed E-state index contributed by atoms with van der Waals surface area (Å²) in [7, 11) is -3.77. The smallest absolute Gasteiger partial charge is 0.268 e. The number of hydrogen-bond acceptors (Lipinski definition) is 5. The van der Waals surface area contributed by atoms with Gasteiger partial charge in [-0.1, -0.05) is 0 Å². The van der Waals surface area contributed by atoms with Crippen LogP contribution in [0.1, 0.15) is 12.5 Å². The van der Waals surface area contributed by atoms with Crippen LogP contribution in [0.5, 0.6) is 0 Å². The van der Waals surface area contributed by atoms with Gasteiger partial charge in [-0.3, -0.25) is 9.40 Å². The summed E-state index contributed by atoms with van der Waals surface area (Å²) in [5.74, 6) is 0.227. The van der Waals surface area contributed by atoms with Crippen molar-refractivity contribution < 1.29 is 8.42 Å². The lowest BCUT2D eigenvalue weighted by Crippen LogP contribution is -2.14. The van der Waals surface area contributed by atoms with Gasteiger partial charge in [0.05, 0.1) is 0 Å². The first kappa shape index (κ1) is 13.3. The van der Waals surface area contributed by atoms with Gasteiger partial charge in [0, 0.05) is 18.9 Å². The highest BCUT2D eigenvalue weighted by Gasteiger charge is 2.21. The molecular formula is C11H15N5O2S. The molecule has 0 saturated carbocycles. The third-order valence-electron chi connectivity index (χ3n) is 2.52. The number of nitrogens with two attached hydrogens (primary N) is 1. The Bertz CT molecular complexity index is 693. The number of pyridine rings is 1. The van der Waals surface area contributed by atoms with E-state index < -0.39 is 10.0 Å². The third kappa shape index (κ3) is 2.84. The van der Waals surface area contributed by atoms with Gasteiger partial charge in [0.15, 0.2) is 5.82 Å². The average Bonchev–Trinajstić information content (AvgIpc) is 2.71. The fraction of sp³-hybridized carbons (Fsp3) is 0.273. The Morgan fingerprint density at radius 3 is 2.79 bits per heavy atom. The molecule has 0 aliphatic rings. The van der Waals surface area contributed by atoms with Crippen molar-refractivity contribution in [1.82, 2.24) is 14.8 Å². The standard InChI is InChI=1S/C11H15N5O2S/c1-3-16-7-9(11(12)14-16)19(17,18)15-10-6-8(2)4-5-13-10/h4-7H,3H2,1-2H3,(H2,12,14)(H,13,15). The second kappa shape index (κ2) is 4.88. The zero-order valence-electron chi connectivity index (χ0n) is 10.7. The molecule has 19 heavy (non-hydrogen) atoms. The molecule has 2 heterocycles. The van der Waals surface area contributed by atoms with Crippen molar-refractivity contribution in [3.63, 3.8) is 0 Å². The molecule has 0 spiro atoms. The predicted molar refractivity (Wildman–Crippen MR) is 72.1 cm³/mol. The van der Waals surface area contributed by atoms with Gasteiger partial charge in [0.2, 0.25) is 0 Å². The normalized spacial score (nSPS) is 11.5. The number of nitrogens with zero attached hydrogens (tertiary/aromatic N) is 3. The Labute approximate surface area is 111 Å². The Kier molecular flexibility index (Phi) is 3.43. The van der Waals surface area contributed by atoms with Crippen LogP contribution >= 0.6 is 0 Å². The summed E-state index contributed by atoms with van der Waals surface area (Å²) in [5, 5.41) is 3.91. The van der Waals surface area contributed by atoms with E-state index in [1.165, 1.54) is 17.1 Å². The van der Waals surface area contributed by atoms with E-state index in [0.717, 1.165) is 5.56 Å². The van der Waals surface area contributed by atoms with Crippen LogP contribution < -0.4 is 10.5 Å². The highest BCUT2D eigenvalue weighted by Crippen LogP contribution is 2.19. The summed E-state index contributed by atoms with van der Waals surface area (Å²) in [5.41, 5.74) is 6.52. The summed E-state index contributed by atoms with van der Waals surface area (Å²) < 4.78 is 28.2. The van der Waals surface area contributed by atoms with Gasteiger partial charge in [-0.2, -0.15) is 5.10 Å². The number of aryl methyl sites for hydroxylation is 2. The van der Waals surface area contributed by atoms with Crippen molar-refractivity contribution in [3.8, 4) is 0 Å². The van der Waals surface area contributed by atoms with E-state index >= 15 is 0 Å². The van der Waals surface area contributed by atoms with Gasteiger partial charge in [-0.05, 0) is 31.5 Å². The number of rotatable bonds is 4. The summed E-state index contributed by atoms with van der Waals surface area (Å²) >= 11 is 0. The summed E-state index contributed by atoms with van der Waals surface area (Å²) in [6, 6.07) is 3.42. The van der Waals surface area contributed by atoms with Gasteiger partial charge < -0.3 is 5.73 Å². The van der Waals surface area contributed by atoms with Crippen molar-refractivity contribution in [2.24, 2.45) is 0 Å². The van der Waals surface area contributed by atoms with E-state index in [4.69, 9.17) is 5.73 Å². The van der Waals surface area contributed by atoms with Crippen LogP contribution in [0.15, 0.2) is 29.4 Å². The number of hydrogen-bond donors (Lipinski definition) is 2. The van der Waals surface area contributed by atoms with Gasteiger partial charge in [-0.25, -0.2) is 13.4 Å². The molecule has 2 rings (SSSR count). The van der Waals surface area contributed by atoms with Crippen LogP contribution in [-0.4, -0.2) is 23.2 Å². The van der Waals surface area contributed by atoms with Crippen LogP contribution in [0.25, 0.3) is 0 Å². The fourth-order valence-electron chi connectivity index (χ4n) is 1.57. The maximum Gasteiger partial charge on any atom is 0.268 e. The first-order chi connectivity index (χ1) is 8.92. The van der Waals surface area contributed by atoms with Crippen molar-refractivity contribution in [2.45, 2.75) is 25.3 Å². The molecule has 102 valence electrons. The monoisotopic (exact) mass is 281 g/mol. The zero-order chi connectivity index (χ0) is 14.0. The lowest BCUT2D eigenvalue weighted by Gasteiger charge is -2.06. The molecule has 7 nitrogen and oxygen atoms in total. The molecule has 0 bridgehead atoms. The highest BCUT2D eigenvalue weighted by molar-refractivity contribution is 7.92. The fourth-order valence-corrected chi connectivity index (χ4v) is 2.65. The number of sulfonamides is 1. The molecule has 0 radical (unpaired) electrons. The molecule has 0 fully saturated rings. The minimum Gasteiger partial charge on any atom is -0.381 e. The first-order valence-electron chi connectivity index (χ1n) is 5.71. The molecule has 8 heteroatoms. The van der Waals surface area contributed by atoms with Crippen molar-refractivity contribution in [1.29, 1.82) is 0 Å². The third-order valence-corrected chi connectivity index (χ3v) is 3.89. The van der Waals surface area contributed by atoms with E-state index in [1.54, 1.807) is 12.1 Å². The van der Waals surface area contributed by atoms with Crippen LogP contribution in [0.2, 0.25) is 0 Å². The van der Waals surface area contributed by atoms with Crippen molar-refractivity contribution in [2.75, 3.05) is 10.5 Å². The van der Waals surface area contributed by atoms with E-state index in [1.807, 2.05) is 13.8 Å². The Hall–Kier alpha value is -2.09. The second-order valence-corrected chi connectivity index (χ2v) is 5.71. The summed E-state index contributed by atoms with van der Waals surface area (Å²) in [6.07, 6.45) is 2.93. The molecular weight excluding hydrogens is 266 g/mol. The van der Waals surface area contributed by atoms with Gasteiger partial charge in [-0.15, -0.1) is 0 Å². The molecule has 2 aromatic rings. The minimum atomic E-state index is -3.77. The Balaban J connectivity index is 2.34. The average molecular weight is 281 g/mol. The van der Waals surface area contributed by atoms with Crippen LogP contribution in [0.3, 0.4) is 0 Å². The second-order valence-electron chi connectivity index (χ2n) is 4.06. The molecule has 0 amide bonds. The van der Waals surface area contributed by atoms with Gasteiger partial charge >= 0.3 is 0 Å². The number of aromatic nitrogens is 3. The van der Waals surface area contributed by atoms with Crippen LogP contribution in [-0.2, 0) is 16.6 Å². The Morgan fingerprint density at radius 2 is 2.21 bits per heavy atom. The summed E-state index contributed by atoms with van der Waals surface area (Å²) in [4.78, 5) is 3.90. The zero-order valence-corrected chi connectivity index (χ0v) is 11.5. The highest BCUT2D eigenvalue weighted by atomic mass is 32.2. The first-order valence-corrected chi connectivity index (χ1v) is 7.19. The van der Waals surface area contributed by atoms with Crippen molar-refractivity contribution in [3.05, 3.63) is 30.1 Å². The molecule has 0 atom stereocenters. The van der Waals surface area contributed by atoms with E-state index in [9.17, 15) is 8.42 Å². The van der Waals surface area contributed by atoms with Gasteiger partial charge in [0.1, 0.15) is 10.7 Å². The number of nitrogen functional groups attached to an aromatic ring is 1. The van der Waals surface area contributed by atoms with E-state index in [2.05, 4.69) is 14.8 Å². The Morgan fingerprint density at radius 1 is 1.47 bits per heavy atom. The topological polar surface area (TPSA) is 103 Å². The maximum atomic E-state index is 12.2. The molecule has 0 aliphatic heterocycles. The number of nitrogens with one attached hydrogen (secondary N) is 1. The van der Waals surface area contributed by atoms with E-state index in [-0.39, 0.29) is 16.5 Å². The molecule has 0 aliphatic carbocycles. The minimum absolute atomic E-state index is 0.0259. The summed E-state index contributed by atoms with van der Waals surface area (Å²) in [6.45, 7) is 4.24. The number of anilines is 2. The van der Waals surface area contributed by atoms with Crippen LogP contribution in [0, 0.1) is 6.92 Å². The lowest BCUT2D eigenvalue weighted by molar-refractivity contribution is 0.600. The predicted octanol–water partition coefficient (Wildman–Crippen LogP) is 0.989. The maximum absolute atomic E-state index is 12.2. The van der Waals surface area contributed by atoms with Crippen molar-refractivity contribution >= 4 is 21.7 Å². The quantitative estimate of drug-likeness (QED) is 0.870. The molecule has 0 unspecified atom stereocenters. The molecule has 3 N–H and O–H groups in total. The largest absolute Gasteiger partial charge is 0.381 e. The SMILES string of the molecule is CCn1cc(S(=O)(=O)Nc2cc(C)ccn2)c(N)n1. The van der Waals surface area contributed by atoms with Gasteiger partial charge in [0.25, 0.3) is 10.0 Å². The lowest BCUT2D eigenvalue weighted by atomic mass is 10.3. The van der Waals surface area contributed by atoms with E-state index in [0.29, 0.717) is 6.54 Å². The van der Waals surface area contributed by atoms with Crippen LogP contribution in [0.4, 0.5) is 11.6 Å².